The van der Waals surface area contributed by atoms with Crippen LogP contribution in [-0.4, -0.2) is 25.0 Å². The molecule has 1 fully saturated rings. The normalized spacial score (nSPS) is 21.5. The summed E-state index contributed by atoms with van der Waals surface area (Å²) < 4.78 is 0. The van der Waals surface area contributed by atoms with E-state index < -0.39 is 0 Å². The minimum Gasteiger partial charge on any atom is -0.384 e. The number of benzene rings is 1. The van der Waals surface area contributed by atoms with Gasteiger partial charge in [0.25, 0.3) is 0 Å². The molecule has 1 aliphatic rings. The Morgan fingerprint density at radius 3 is 2.76 bits per heavy atom. The molecule has 1 aliphatic heterocycles. The van der Waals surface area contributed by atoms with E-state index in [1.165, 1.54) is 24.8 Å². The largest absolute Gasteiger partial charge is 0.384 e. The summed E-state index contributed by atoms with van der Waals surface area (Å²) >= 11 is 0. The molecular formula is C14H21N3. The summed E-state index contributed by atoms with van der Waals surface area (Å²) in [4.78, 5) is 4.48. The molecule has 0 amide bonds. The van der Waals surface area contributed by atoms with E-state index in [0.29, 0.717) is 11.9 Å². The molecule has 0 bridgehead atoms. The highest BCUT2D eigenvalue weighted by Crippen LogP contribution is 2.08. The van der Waals surface area contributed by atoms with E-state index in [2.05, 4.69) is 29.4 Å². The van der Waals surface area contributed by atoms with Crippen molar-refractivity contribution >= 4 is 5.84 Å². The molecule has 0 aromatic heterocycles. The average Bonchev–Trinajstić information content (AvgIpc) is 2.38. The second-order valence-electron chi connectivity index (χ2n) is 4.74. The van der Waals surface area contributed by atoms with Crippen LogP contribution in [0.2, 0.25) is 0 Å². The van der Waals surface area contributed by atoms with Crippen LogP contribution in [0.5, 0.6) is 0 Å². The number of aliphatic imine (C=N–C) groups is 1. The molecule has 1 aromatic rings. The Balaban J connectivity index is 1.94. The first-order valence-electron chi connectivity index (χ1n) is 6.36. The first kappa shape index (κ1) is 12.1. The molecule has 3 nitrogen and oxygen atoms in total. The lowest BCUT2D eigenvalue weighted by atomic mass is 10.1. The highest BCUT2D eigenvalue weighted by molar-refractivity contribution is 5.97. The monoisotopic (exact) mass is 231 g/mol. The summed E-state index contributed by atoms with van der Waals surface area (Å²) in [5.74, 6) is 0.650. The first-order chi connectivity index (χ1) is 8.25. The summed E-state index contributed by atoms with van der Waals surface area (Å²) in [5, 5.41) is 3.47. The van der Waals surface area contributed by atoms with Crippen LogP contribution < -0.4 is 11.1 Å². The van der Waals surface area contributed by atoms with Gasteiger partial charge in [-0.15, -0.1) is 0 Å². The van der Waals surface area contributed by atoms with E-state index in [0.717, 1.165) is 18.7 Å². The van der Waals surface area contributed by atoms with E-state index in [1.807, 2.05) is 12.1 Å². The molecule has 92 valence electrons. The number of hydrogen-bond donors (Lipinski definition) is 2. The molecule has 1 unspecified atom stereocenters. The zero-order valence-electron chi connectivity index (χ0n) is 10.4. The number of aryl methyl sites for hydroxylation is 1. The maximum absolute atomic E-state index is 5.98. The maximum Gasteiger partial charge on any atom is 0.125 e. The van der Waals surface area contributed by atoms with Crippen molar-refractivity contribution in [2.75, 3.05) is 13.1 Å². The summed E-state index contributed by atoms with van der Waals surface area (Å²) in [6.07, 6.45) is 3.80. The van der Waals surface area contributed by atoms with Crippen molar-refractivity contribution in [2.24, 2.45) is 10.7 Å². The van der Waals surface area contributed by atoms with Crippen molar-refractivity contribution in [2.45, 2.75) is 32.2 Å². The van der Waals surface area contributed by atoms with Crippen molar-refractivity contribution in [1.29, 1.82) is 0 Å². The fourth-order valence-electron chi connectivity index (χ4n) is 2.10. The van der Waals surface area contributed by atoms with Crippen LogP contribution in [0.15, 0.2) is 29.3 Å². The Kier molecular flexibility index (Phi) is 4.15. The molecule has 17 heavy (non-hydrogen) atoms. The predicted molar refractivity (Wildman–Crippen MR) is 72.4 cm³/mol. The Morgan fingerprint density at radius 2 is 2.12 bits per heavy atom. The van der Waals surface area contributed by atoms with Gasteiger partial charge in [-0.25, -0.2) is 0 Å². The molecule has 3 heteroatoms. The van der Waals surface area contributed by atoms with Crippen LogP contribution in [0.4, 0.5) is 0 Å². The van der Waals surface area contributed by atoms with Gasteiger partial charge in [0.15, 0.2) is 0 Å². The number of nitrogens with two attached hydrogens (primary N) is 1. The van der Waals surface area contributed by atoms with Crippen molar-refractivity contribution in [3.8, 4) is 0 Å². The van der Waals surface area contributed by atoms with Gasteiger partial charge in [-0.3, -0.25) is 4.99 Å². The van der Waals surface area contributed by atoms with Gasteiger partial charge in [-0.1, -0.05) is 36.2 Å². The first-order valence-corrected chi connectivity index (χ1v) is 6.36. The molecule has 3 N–H and O–H groups in total. The van der Waals surface area contributed by atoms with Crippen LogP contribution in [-0.2, 0) is 0 Å². The molecule has 0 radical (unpaired) electrons. The van der Waals surface area contributed by atoms with E-state index in [-0.39, 0.29) is 0 Å². The molecule has 0 saturated carbocycles. The molecule has 1 atom stereocenters. The standard InChI is InChI=1S/C14H21N3/c1-11-5-7-12(8-6-11)14(15)17-10-13-4-2-3-9-16-13/h5-8,13,16H,2-4,9-10H2,1H3,(H2,15,17). The molecule has 1 saturated heterocycles. The Morgan fingerprint density at radius 1 is 1.35 bits per heavy atom. The molecule has 0 aliphatic carbocycles. The van der Waals surface area contributed by atoms with Crippen LogP contribution in [0, 0.1) is 6.92 Å². The lowest BCUT2D eigenvalue weighted by Gasteiger charge is -2.21. The second-order valence-corrected chi connectivity index (χ2v) is 4.74. The van der Waals surface area contributed by atoms with Gasteiger partial charge >= 0.3 is 0 Å². The zero-order valence-corrected chi connectivity index (χ0v) is 10.4. The third-order valence-electron chi connectivity index (χ3n) is 3.24. The smallest absolute Gasteiger partial charge is 0.125 e. The van der Waals surface area contributed by atoms with E-state index in [1.54, 1.807) is 0 Å². The topological polar surface area (TPSA) is 50.4 Å². The van der Waals surface area contributed by atoms with Crippen LogP contribution in [0.25, 0.3) is 0 Å². The van der Waals surface area contributed by atoms with E-state index >= 15 is 0 Å². The minimum atomic E-state index is 0.507. The third kappa shape index (κ3) is 3.56. The Hall–Kier alpha value is -1.35. The fourth-order valence-corrected chi connectivity index (χ4v) is 2.10. The van der Waals surface area contributed by atoms with Crippen LogP contribution in [0.1, 0.15) is 30.4 Å². The number of piperidine rings is 1. The number of rotatable bonds is 3. The SMILES string of the molecule is Cc1ccc(C(N)=NCC2CCCCN2)cc1. The number of nitrogens with one attached hydrogen (secondary N) is 1. The van der Waals surface area contributed by atoms with Gasteiger partial charge < -0.3 is 11.1 Å². The average molecular weight is 231 g/mol. The summed E-state index contributed by atoms with van der Waals surface area (Å²) in [5.41, 5.74) is 8.25. The lowest BCUT2D eigenvalue weighted by Crippen LogP contribution is -2.36. The minimum absolute atomic E-state index is 0.507. The molecule has 1 heterocycles. The van der Waals surface area contributed by atoms with Gasteiger partial charge in [-0.2, -0.15) is 0 Å². The lowest BCUT2D eigenvalue weighted by molar-refractivity contribution is 0.408. The van der Waals surface area contributed by atoms with Crippen LogP contribution >= 0.6 is 0 Å². The number of nitrogens with zero attached hydrogens (tertiary/aromatic N) is 1. The van der Waals surface area contributed by atoms with Crippen molar-refractivity contribution in [1.82, 2.24) is 5.32 Å². The Labute approximate surface area is 103 Å². The Bertz CT molecular complexity index is 375. The second kappa shape index (κ2) is 5.82. The van der Waals surface area contributed by atoms with Crippen molar-refractivity contribution in [3.63, 3.8) is 0 Å². The van der Waals surface area contributed by atoms with Gasteiger partial charge in [0.2, 0.25) is 0 Å². The van der Waals surface area contributed by atoms with Crippen molar-refractivity contribution < 1.29 is 0 Å². The molecule has 0 spiro atoms. The summed E-state index contributed by atoms with van der Waals surface area (Å²) in [6.45, 7) is 3.98. The highest BCUT2D eigenvalue weighted by atomic mass is 15.0. The van der Waals surface area contributed by atoms with Gasteiger partial charge in [0, 0.05) is 11.6 Å². The van der Waals surface area contributed by atoms with Crippen molar-refractivity contribution in [3.05, 3.63) is 35.4 Å². The fraction of sp³-hybridized carbons (Fsp3) is 0.500. The zero-order chi connectivity index (χ0) is 12.1. The maximum atomic E-state index is 5.98. The van der Waals surface area contributed by atoms with E-state index in [4.69, 9.17) is 5.73 Å². The van der Waals surface area contributed by atoms with E-state index in [9.17, 15) is 0 Å². The quantitative estimate of drug-likeness (QED) is 0.616. The molecule has 2 rings (SSSR count). The number of hydrogen-bond acceptors (Lipinski definition) is 2. The summed E-state index contributed by atoms with van der Waals surface area (Å²) in [6, 6.07) is 8.70. The van der Waals surface area contributed by atoms with Gasteiger partial charge in [-0.05, 0) is 26.3 Å². The van der Waals surface area contributed by atoms with Gasteiger partial charge in [0.05, 0.1) is 6.54 Å². The third-order valence-corrected chi connectivity index (χ3v) is 3.24. The highest BCUT2D eigenvalue weighted by Gasteiger charge is 2.11. The molecular weight excluding hydrogens is 210 g/mol. The number of amidine groups is 1. The van der Waals surface area contributed by atoms with Gasteiger partial charge in [0.1, 0.15) is 5.84 Å². The summed E-state index contributed by atoms with van der Waals surface area (Å²) in [7, 11) is 0. The molecule has 1 aromatic carbocycles. The van der Waals surface area contributed by atoms with Crippen LogP contribution in [0.3, 0.4) is 0 Å². The predicted octanol–water partition coefficient (Wildman–Crippen LogP) is 1.84.